The fourth-order valence-electron chi connectivity index (χ4n) is 3.11. The Kier molecular flexibility index (Phi) is 6.26. The van der Waals surface area contributed by atoms with E-state index >= 15 is 0 Å². The van der Waals surface area contributed by atoms with Gasteiger partial charge in [0.1, 0.15) is 6.04 Å². The van der Waals surface area contributed by atoms with Crippen LogP contribution in [0, 0.1) is 5.92 Å². The van der Waals surface area contributed by atoms with E-state index in [1.165, 1.54) is 38.9 Å². The van der Waals surface area contributed by atoms with Crippen LogP contribution in [0.15, 0.2) is 0 Å². The third-order valence-electron chi connectivity index (χ3n) is 4.41. The normalized spacial score (nSPS) is 29.3. The fourth-order valence-corrected chi connectivity index (χ4v) is 3.11. The molecular formula is C15H29N3O2. The summed E-state index contributed by atoms with van der Waals surface area (Å²) in [5.41, 5.74) is 0. The minimum atomic E-state index is -0.191. The van der Waals surface area contributed by atoms with Gasteiger partial charge in [0.2, 0.25) is 5.91 Å². The van der Waals surface area contributed by atoms with Crippen LogP contribution in [0.1, 0.15) is 33.1 Å². The van der Waals surface area contributed by atoms with Crippen molar-refractivity contribution in [1.29, 1.82) is 0 Å². The molecule has 2 heterocycles. The van der Waals surface area contributed by atoms with E-state index in [4.69, 9.17) is 4.74 Å². The maximum atomic E-state index is 12.2. The van der Waals surface area contributed by atoms with Crippen LogP contribution in [0.2, 0.25) is 0 Å². The molecule has 2 aliphatic heterocycles. The molecule has 116 valence electrons. The second kappa shape index (κ2) is 7.96. The smallest absolute Gasteiger partial charge is 0.239 e. The Labute approximate surface area is 122 Å². The highest BCUT2D eigenvalue weighted by molar-refractivity contribution is 5.82. The molecule has 2 atom stereocenters. The topological polar surface area (TPSA) is 53.6 Å². The Morgan fingerprint density at radius 2 is 2.15 bits per heavy atom. The molecule has 2 saturated heterocycles. The lowest BCUT2D eigenvalue weighted by molar-refractivity contribution is -0.129. The minimum Gasteiger partial charge on any atom is -0.375 e. The number of nitrogens with zero attached hydrogens (tertiary/aromatic N) is 1. The second-order valence-electron chi connectivity index (χ2n) is 6.04. The van der Waals surface area contributed by atoms with Crippen molar-refractivity contribution in [2.75, 3.05) is 39.3 Å². The maximum absolute atomic E-state index is 12.2. The van der Waals surface area contributed by atoms with Crippen LogP contribution < -0.4 is 10.6 Å². The van der Waals surface area contributed by atoms with Gasteiger partial charge in [0.25, 0.3) is 0 Å². The van der Waals surface area contributed by atoms with Gasteiger partial charge in [-0.25, -0.2) is 0 Å². The lowest BCUT2D eigenvalue weighted by atomic mass is 9.96. The van der Waals surface area contributed by atoms with Crippen molar-refractivity contribution in [2.24, 2.45) is 5.92 Å². The lowest BCUT2D eigenvalue weighted by Gasteiger charge is -2.33. The minimum absolute atomic E-state index is 0.0323. The van der Waals surface area contributed by atoms with Crippen LogP contribution in [-0.2, 0) is 9.53 Å². The SMILES string of the molecule is CCCN1CCC(CNC(=O)[C@H]2NCCO[C@@H]2C)CC1. The zero-order valence-corrected chi connectivity index (χ0v) is 12.9. The van der Waals surface area contributed by atoms with E-state index in [-0.39, 0.29) is 18.1 Å². The number of hydrogen-bond acceptors (Lipinski definition) is 4. The number of nitrogens with one attached hydrogen (secondary N) is 2. The Morgan fingerprint density at radius 3 is 2.80 bits per heavy atom. The second-order valence-corrected chi connectivity index (χ2v) is 6.04. The number of likely N-dealkylation sites (tertiary alicyclic amines) is 1. The first-order valence-corrected chi connectivity index (χ1v) is 8.05. The number of morpholine rings is 1. The predicted molar refractivity (Wildman–Crippen MR) is 79.7 cm³/mol. The average Bonchev–Trinajstić information content (AvgIpc) is 2.47. The van der Waals surface area contributed by atoms with Crippen molar-refractivity contribution in [1.82, 2.24) is 15.5 Å². The first-order valence-electron chi connectivity index (χ1n) is 8.05. The van der Waals surface area contributed by atoms with E-state index in [0.29, 0.717) is 12.5 Å². The van der Waals surface area contributed by atoms with E-state index in [1.807, 2.05) is 6.92 Å². The molecule has 0 unspecified atom stereocenters. The summed E-state index contributed by atoms with van der Waals surface area (Å²) in [4.78, 5) is 14.7. The van der Waals surface area contributed by atoms with Crippen LogP contribution in [0.25, 0.3) is 0 Å². The van der Waals surface area contributed by atoms with Gasteiger partial charge in [-0.05, 0) is 51.7 Å². The lowest BCUT2D eigenvalue weighted by Crippen LogP contribution is -2.56. The highest BCUT2D eigenvalue weighted by Crippen LogP contribution is 2.16. The van der Waals surface area contributed by atoms with E-state index in [0.717, 1.165) is 13.1 Å². The van der Waals surface area contributed by atoms with Crippen LogP contribution in [0.3, 0.4) is 0 Å². The molecular weight excluding hydrogens is 254 g/mol. The molecule has 20 heavy (non-hydrogen) atoms. The number of carbonyl (C=O) groups is 1. The van der Waals surface area contributed by atoms with Crippen LogP contribution in [0.4, 0.5) is 0 Å². The van der Waals surface area contributed by atoms with Crippen molar-refractivity contribution >= 4 is 5.91 Å². The summed E-state index contributed by atoms with van der Waals surface area (Å²) in [6, 6.07) is -0.191. The van der Waals surface area contributed by atoms with Crippen LogP contribution in [-0.4, -0.2) is 62.3 Å². The van der Waals surface area contributed by atoms with E-state index < -0.39 is 0 Å². The molecule has 2 N–H and O–H groups in total. The van der Waals surface area contributed by atoms with Crippen molar-refractivity contribution in [3.63, 3.8) is 0 Å². The number of hydrogen-bond donors (Lipinski definition) is 2. The molecule has 0 aromatic heterocycles. The number of piperidine rings is 1. The third-order valence-corrected chi connectivity index (χ3v) is 4.41. The molecule has 2 fully saturated rings. The van der Waals surface area contributed by atoms with E-state index in [2.05, 4.69) is 22.5 Å². The first kappa shape index (κ1) is 15.7. The summed E-state index contributed by atoms with van der Waals surface area (Å²) < 4.78 is 5.51. The summed E-state index contributed by atoms with van der Waals surface area (Å²) in [5.74, 6) is 0.722. The molecule has 0 spiro atoms. The number of rotatable bonds is 5. The quantitative estimate of drug-likeness (QED) is 0.776. The zero-order valence-electron chi connectivity index (χ0n) is 12.9. The van der Waals surface area contributed by atoms with Gasteiger partial charge in [0.15, 0.2) is 0 Å². The largest absolute Gasteiger partial charge is 0.375 e. The Hall–Kier alpha value is -0.650. The summed E-state index contributed by atoms with van der Waals surface area (Å²) in [5, 5.41) is 6.33. The Bertz CT molecular complexity index is 303. The molecule has 5 nitrogen and oxygen atoms in total. The van der Waals surface area contributed by atoms with E-state index in [9.17, 15) is 4.79 Å². The molecule has 0 aromatic rings. The molecule has 2 aliphatic rings. The van der Waals surface area contributed by atoms with Gasteiger partial charge >= 0.3 is 0 Å². The number of amides is 1. The molecule has 0 aromatic carbocycles. The highest BCUT2D eigenvalue weighted by atomic mass is 16.5. The predicted octanol–water partition coefficient (Wildman–Crippen LogP) is 0.602. The third kappa shape index (κ3) is 4.43. The Morgan fingerprint density at radius 1 is 1.40 bits per heavy atom. The van der Waals surface area contributed by atoms with Gasteiger partial charge in [-0.15, -0.1) is 0 Å². The molecule has 5 heteroatoms. The van der Waals surface area contributed by atoms with Gasteiger partial charge in [-0.2, -0.15) is 0 Å². The van der Waals surface area contributed by atoms with Gasteiger partial charge < -0.3 is 20.3 Å². The molecule has 0 aliphatic carbocycles. The summed E-state index contributed by atoms with van der Waals surface area (Å²) in [6.45, 7) is 10.0. The highest BCUT2D eigenvalue weighted by Gasteiger charge is 2.28. The average molecular weight is 283 g/mol. The molecule has 0 bridgehead atoms. The summed E-state index contributed by atoms with van der Waals surface area (Å²) in [7, 11) is 0. The van der Waals surface area contributed by atoms with E-state index in [1.54, 1.807) is 0 Å². The van der Waals surface area contributed by atoms with Gasteiger partial charge in [-0.1, -0.05) is 6.92 Å². The van der Waals surface area contributed by atoms with Gasteiger partial charge in [0.05, 0.1) is 12.7 Å². The summed E-state index contributed by atoms with van der Waals surface area (Å²) >= 11 is 0. The summed E-state index contributed by atoms with van der Waals surface area (Å²) in [6.07, 6.45) is 3.59. The molecule has 0 radical (unpaired) electrons. The molecule has 2 rings (SSSR count). The number of carbonyl (C=O) groups excluding carboxylic acids is 1. The molecule has 1 amide bonds. The maximum Gasteiger partial charge on any atom is 0.239 e. The first-order chi connectivity index (χ1) is 9.70. The van der Waals surface area contributed by atoms with Crippen LogP contribution >= 0.6 is 0 Å². The van der Waals surface area contributed by atoms with Crippen molar-refractivity contribution < 1.29 is 9.53 Å². The Balaban J connectivity index is 1.66. The van der Waals surface area contributed by atoms with Gasteiger partial charge in [-0.3, -0.25) is 4.79 Å². The standard InChI is InChI=1S/C15H29N3O2/c1-3-7-18-8-4-13(5-9-18)11-17-15(19)14-12(2)20-10-6-16-14/h12-14,16H,3-11H2,1-2H3,(H,17,19)/t12-,14+/m1/s1. The zero-order chi connectivity index (χ0) is 14.4. The monoisotopic (exact) mass is 283 g/mol. The van der Waals surface area contributed by atoms with Crippen LogP contribution in [0.5, 0.6) is 0 Å². The fraction of sp³-hybridized carbons (Fsp3) is 0.933. The van der Waals surface area contributed by atoms with Crippen molar-refractivity contribution in [3.8, 4) is 0 Å². The van der Waals surface area contributed by atoms with Crippen molar-refractivity contribution in [3.05, 3.63) is 0 Å². The van der Waals surface area contributed by atoms with Crippen molar-refractivity contribution in [2.45, 2.75) is 45.3 Å². The van der Waals surface area contributed by atoms with Gasteiger partial charge in [0, 0.05) is 13.1 Å². The molecule has 0 saturated carbocycles. The number of ether oxygens (including phenoxy) is 1.